The first-order chi connectivity index (χ1) is 11.1. The van der Waals surface area contributed by atoms with E-state index in [4.69, 9.17) is 14.9 Å². The lowest BCUT2D eigenvalue weighted by molar-refractivity contribution is 0.0702. The van der Waals surface area contributed by atoms with Crippen LogP contribution in [0.15, 0.2) is 41.0 Å². The molecule has 0 saturated heterocycles. The van der Waals surface area contributed by atoms with Crippen LogP contribution < -0.4 is 10.5 Å². The van der Waals surface area contributed by atoms with Gasteiger partial charge >= 0.3 is 0 Å². The Morgan fingerprint density at radius 1 is 1.35 bits per heavy atom. The number of likely N-dealkylation sites (N-methyl/N-ethyl adjacent to an activating group) is 1. The number of ether oxygens (including phenoxy) is 1. The lowest BCUT2D eigenvalue weighted by Gasteiger charge is -2.28. The number of methoxy groups -OCH3 is 1. The molecule has 1 aromatic heterocycles. The molecule has 2 aromatic rings. The Balaban J connectivity index is 2.07. The normalized spacial score (nSPS) is 12.0. The van der Waals surface area contributed by atoms with Crippen molar-refractivity contribution in [1.29, 1.82) is 0 Å². The quantitative estimate of drug-likeness (QED) is 0.853. The largest absolute Gasteiger partial charge is 0.497 e. The summed E-state index contributed by atoms with van der Waals surface area (Å²) in [4.78, 5) is 14.5. The highest BCUT2D eigenvalue weighted by molar-refractivity contribution is 5.94. The summed E-state index contributed by atoms with van der Waals surface area (Å²) in [6, 6.07) is 9.71. The molecule has 0 fully saturated rings. The van der Waals surface area contributed by atoms with Gasteiger partial charge < -0.3 is 19.8 Å². The third-order valence-corrected chi connectivity index (χ3v) is 3.93. The average Bonchev–Trinajstić information content (AvgIpc) is 3.05. The Bertz CT molecular complexity index is 634. The number of carbonyl (C=O) groups excluding carboxylic acids is 1. The number of hydrogen-bond donors (Lipinski definition) is 1. The summed E-state index contributed by atoms with van der Waals surface area (Å²) in [5.74, 6) is 1.42. The van der Waals surface area contributed by atoms with Crippen LogP contribution in [-0.4, -0.2) is 30.5 Å². The van der Waals surface area contributed by atoms with Gasteiger partial charge in [0.25, 0.3) is 5.91 Å². The lowest BCUT2D eigenvalue weighted by atomic mass is 10.0. The van der Waals surface area contributed by atoms with Crippen molar-refractivity contribution < 1.29 is 13.9 Å². The minimum absolute atomic E-state index is 0.0306. The van der Waals surface area contributed by atoms with Crippen LogP contribution in [0.25, 0.3) is 0 Å². The van der Waals surface area contributed by atoms with Gasteiger partial charge in [0.1, 0.15) is 17.8 Å². The number of hydrogen-bond acceptors (Lipinski definition) is 4. The van der Waals surface area contributed by atoms with Crippen LogP contribution in [0.5, 0.6) is 5.75 Å². The first kappa shape index (κ1) is 17.1. The monoisotopic (exact) mass is 316 g/mol. The Morgan fingerprint density at radius 3 is 2.57 bits per heavy atom. The van der Waals surface area contributed by atoms with Crippen LogP contribution >= 0.6 is 0 Å². The summed E-state index contributed by atoms with van der Waals surface area (Å²) in [5, 5.41) is 0. The van der Waals surface area contributed by atoms with Crippen molar-refractivity contribution in [2.75, 3.05) is 13.7 Å². The minimum Gasteiger partial charge on any atom is -0.497 e. The number of furan rings is 1. The topological polar surface area (TPSA) is 68.7 Å². The van der Waals surface area contributed by atoms with Crippen molar-refractivity contribution in [3.05, 3.63) is 53.5 Å². The maximum atomic E-state index is 12.6. The van der Waals surface area contributed by atoms with E-state index in [0.717, 1.165) is 12.2 Å². The number of carbonyl (C=O) groups is 1. The summed E-state index contributed by atoms with van der Waals surface area (Å²) in [5.41, 5.74) is 7.24. The number of rotatable bonds is 7. The van der Waals surface area contributed by atoms with Crippen LogP contribution in [0, 0.1) is 0 Å². The summed E-state index contributed by atoms with van der Waals surface area (Å²) in [7, 11) is 1.65. The van der Waals surface area contributed by atoms with Crippen molar-refractivity contribution >= 4 is 5.91 Å². The fraction of sp³-hybridized carbons (Fsp3) is 0.389. The molecule has 1 unspecified atom stereocenters. The van der Waals surface area contributed by atoms with Gasteiger partial charge in [-0.1, -0.05) is 12.1 Å². The zero-order valence-corrected chi connectivity index (χ0v) is 13.9. The van der Waals surface area contributed by atoms with Crippen LogP contribution in [0.1, 0.15) is 35.5 Å². The van der Waals surface area contributed by atoms with E-state index in [0.29, 0.717) is 24.4 Å². The molecule has 2 N–H and O–H groups in total. The number of amides is 1. The Morgan fingerprint density at radius 2 is 2.04 bits per heavy atom. The van der Waals surface area contributed by atoms with Crippen molar-refractivity contribution in [2.24, 2.45) is 5.73 Å². The van der Waals surface area contributed by atoms with Crippen LogP contribution in [0.4, 0.5) is 0 Å². The molecule has 0 spiro atoms. The van der Waals surface area contributed by atoms with Crippen LogP contribution in [0.2, 0.25) is 0 Å². The van der Waals surface area contributed by atoms with Gasteiger partial charge in [-0.25, -0.2) is 0 Å². The van der Waals surface area contributed by atoms with Gasteiger partial charge in [0.15, 0.2) is 0 Å². The molecule has 1 atom stereocenters. The third kappa shape index (κ3) is 4.13. The number of nitrogens with two attached hydrogens (primary N) is 1. The number of nitrogens with zero attached hydrogens (tertiary/aromatic N) is 1. The fourth-order valence-corrected chi connectivity index (χ4v) is 2.63. The summed E-state index contributed by atoms with van der Waals surface area (Å²) < 4.78 is 10.4. The van der Waals surface area contributed by atoms with Gasteiger partial charge in [-0.15, -0.1) is 0 Å². The van der Waals surface area contributed by atoms with E-state index in [1.807, 2.05) is 36.1 Å². The maximum Gasteiger partial charge on any atom is 0.257 e. The molecule has 1 aromatic carbocycles. The van der Waals surface area contributed by atoms with E-state index in [9.17, 15) is 4.79 Å². The Kier molecular flexibility index (Phi) is 5.82. The molecule has 124 valence electrons. The van der Waals surface area contributed by atoms with Gasteiger partial charge in [0.05, 0.1) is 19.2 Å². The van der Waals surface area contributed by atoms with Crippen LogP contribution in [0.3, 0.4) is 0 Å². The van der Waals surface area contributed by atoms with E-state index in [1.54, 1.807) is 13.2 Å². The molecule has 5 nitrogen and oxygen atoms in total. The lowest BCUT2D eigenvalue weighted by Crippen LogP contribution is -2.39. The smallest absolute Gasteiger partial charge is 0.257 e. The molecule has 5 heteroatoms. The summed E-state index contributed by atoms with van der Waals surface area (Å²) in [6.45, 7) is 4.96. The maximum absolute atomic E-state index is 12.6. The molecule has 0 saturated carbocycles. The zero-order chi connectivity index (χ0) is 16.8. The minimum atomic E-state index is -0.0306. The fourth-order valence-electron chi connectivity index (χ4n) is 2.63. The van der Waals surface area contributed by atoms with E-state index >= 15 is 0 Å². The van der Waals surface area contributed by atoms with E-state index in [1.165, 1.54) is 11.8 Å². The first-order valence-corrected chi connectivity index (χ1v) is 7.80. The van der Waals surface area contributed by atoms with Crippen molar-refractivity contribution in [2.45, 2.75) is 32.9 Å². The second-order valence-electron chi connectivity index (χ2n) is 5.50. The third-order valence-electron chi connectivity index (χ3n) is 3.93. The molecular formula is C18H24N2O3. The van der Waals surface area contributed by atoms with Gasteiger partial charge in [0, 0.05) is 12.6 Å². The van der Waals surface area contributed by atoms with E-state index in [2.05, 4.69) is 6.92 Å². The van der Waals surface area contributed by atoms with Crippen molar-refractivity contribution in [3.63, 3.8) is 0 Å². The summed E-state index contributed by atoms with van der Waals surface area (Å²) in [6.07, 6.45) is 2.26. The molecule has 1 amide bonds. The standard InChI is InChI=1S/C18H24N2O3/c1-4-20(18(21)15-10-17(11-19)23-12-15)13(2)9-14-5-7-16(22-3)8-6-14/h5-8,10,12-13H,4,9,11,19H2,1-3H3. The molecule has 1 heterocycles. The van der Waals surface area contributed by atoms with Gasteiger partial charge in [0.2, 0.25) is 0 Å². The molecule has 0 bridgehead atoms. The second-order valence-corrected chi connectivity index (χ2v) is 5.50. The molecule has 0 aliphatic carbocycles. The molecule has 0 aliphatic heterocycles. The van der Waals surface area contributed by atoms with Gasteiger partial charge in [-0.3, -0.25) is 4.79 Å². The molecule has 0 radical (unpaired) electrons. The first-order valence-electron chi connectivity index (χ1n) is 7.80. The zero-order valence-electron chi connectivity index (χ0n) is 13.9. The van der Waals surface area contributed by atoms with E-state index < -0.39 is 0 Å². The van der Waals surface area contributed by atoms with Gasteiger partial charge in [-0.05, 0) is 44.0 Å². The highest BCUT2D eigenvalue weighted by Gasteiger charge is 2.21. The van der Waals surface area contributed by atoms with Crippen LogP contribution in [-0.2, 0) is 13.0 Å². The Hall–Kier alpha value is -2.27. The highest BCUT2D eigenvalue weighted by Crippen LogP contribution is 2.17. The number of benzene rings is 1. The molecular weight excluding hydrogens is 292 g/mol. The molecule has 23 heavy (non-hydrogen) atoms. The second kappa shape index (κ2) is 7.83. The predicted octanol–water partition coefficient (Wildman–Crippen LogP) is 2.84. The van der Waals surface area contributed by atoms with E-state index in [-0.39, 0.29) is 11.9 Å². The SMILES string of the molecule is CCN(C(=O)c1coc(CN)c1)C(C)Cc1ccc(OC)cc1. The summed E-state index contributed by atoms with van der Waals surface area (Å²) >= 11 is 0. The van der Waals surface area contributed by atoms with Gasteiger partial charge in [-0.2, -0.15) is 0 Å². The van der Waals surface area contributed by atoms with Crippen molar-refractivity contribution in [1.82, 2.24) is 4.90 Å². The highest BCUT2D eigenvalue weighted by atomic mass is 16.5. The predicted molar refractivity (Wildman–Crippen MR) is 89.5 cm³/mol. The Labute approximate surface area is 137 Å². The van der Waals surface area contributed by atoms with Crippen molar-refractivity contribution in [3.8, 4) is 5.75 Å². The molecule has 2 rings (SSSR count). The molecule has 0 aliphatic rings. The average molecular weight is 316 g/mol.